The Kier molecular flexibility index (Phi) is 4.32. The number of hydrogen-bond donors (Lipinski definition) is 2. The fraction of sp³-hybridized carbons (Fsp3) is 0.429. The zero-order valence-corrected chi connectivity index (χ0v) is 10.7. The number of nitrogens with one attached hydrogen (secondary N) is 1. The van der Waals surface area contributed by atoms with Gasteiger partial charge < -0.3 is 10.4 Å². The normalized spacial score (nSPS) is 21.7. The lowest BCUT2D eigenvalue weighted by atomic mass is 10.0. The van der Waals surface area contributed by atoms with Crippen molar-refractivity contribution in [2.75, 3.05) is 0 Å². The summed E-state index contributed by atoms with van der Waals surface area (Å²) in [5, 5.41) is 11.6. The molecule has 108 valence electrons. The standard InChI is InChI=1S/C14H15F2NO3/c15-9-5-4-8(11(16)7-9)6-13(18)17-12-3-1-2-10(12)14(19)20/h4-5,7,10,12H,1-3,6H2,(H,17,18)(H,19,20). The summed E-state index contributed by atoms with van der Waals surface area (Å²) >= 11 is 0. The molecule has 4 nitrogen and oxygen atoms in total. The Morgan fingerprint density at radius 1 is 1.30 bits per heavy atom. The first kappa shape index (κ1) is 14.4. The first-order chi connectivity index (χ1) is 9.47. The van der Waals surface area contributed by atoms with Gasteiger partial charge in [-0.3, -0.25) is 9.59 Å². The third-order valence-corrected chi connectivity index (χ3v) is 3.55. The van der Waals surface area contributed by atoms with E-state index in [0.717, 1.165) is 18.6 Å². The van der Waals surface area contributed by atoms with Crippen molar-refractivity contribution < 1.29 is 23.5 Å². The summed E-state index contributed by atoms with van der Waals surface area (Å²) < 4.78 is 26.2. The van der Waals surface area contributed by atoms with Gasteiger partial charge in [-0.05, 0) is 24.5 Å². The molecular weight excluding hydrogens is 268 g/mol. The first-order valence-corrected chi connectivity index (χ1v) is 6.43. The molecule has 0 spiro atoms. The van der Waals surface area contributed by atoms with Gasteiger partial charge >= 0.3 is 5.97 Å². The number of hydrogen-bond acceptors (Lipinski definition) is 2. The number of carboxylic acids is 1. The van der Waals surface area contributed by atoms with E-state index in [2.05, 4.69) is 5.32 Å². The second-order valence-corrected chi connectivity index (χ2v) is 4.96. The van der Waals surface area contributed by atoms with Gasteiger partial charge in [0.15, 0.2) is 0 Å². The van der Waals surface area contributed by atoms with E-state index in [1.807, 2.05) is 0 Å². The minimum Gasteiger partial charge on any atom is -0.481 e. The zero-order chi connectivity index (χ0) is 14.7. The van der Waals surface area contributed by atoms with Crippen LogP contribution in [0.1, 0.15) is 24.8 Å². The highest BCUT2D eigenvalue weighted by molar-refractivity contribution is 5.80. The van der Waals surface area contributed by atoms with E-state index < -0.39 is 35.5 Å². The van der Waals surface area contributed by atoms with E-state index in [1.165, 1.54) is 6.07 Å². The van der Waals surface area contributed by atoms with Crippen molar-refractivity contribution in [2.24, 2.45) is 5.92 Å². The van der Waals surface area contributed by atoms with E-state index in [0.29, 0.717) is 12.8 Å². The van der Waals surface area contributed by atoms with Crippen LogP contribution in [-0.4, -0.2) is 23.0 Å². The van der Waals surface area contributed by atoms with Gasteiger partial charge in [-0.25, -0.2) is 8.78 Å². The second kappa shape index (κ2) is 5.98. The highest BCUT2D eigenvalue weighted by Gasteiger charge is 2.33. The fourth-order valence-corrected chi connectivity index (χ4v) is 2.52. The van der Waals surface area contributed by atoms with Crippen LogP contribution in [-0.2, 0) is 16.0 Å². The van der Waals surface area contributed by atoms with Gasteiger partial charge in [-0.1, -0.05) is 12.5 Å². The van der Waals surface area contributed by atoms with Gasteiger partial charge in [0.25, 0.3) is 0 Å². The summed E-state index contributed by atoms with van der Waals surface area (Å²) in [6, 6.07) is 2.61. The number of carbonyl (C=O) groups is 2. The van der Waals surface area contributed by atoms with Crippen LogP contribution in [0.25, 0.3) is 0 Å². The molecule has 0 bridgehead atoms. The third kappa shape index (κ3) is 3.31. The predicted molar refractivity (Wildman–Crippen MR) is 67.0 cm³/mol. The Bertz CT molecular complexity index is 533. The maximum atomic E-state index is 13.4. The summed E-state index contributed by atoms with van der Waals surface area (Å²) in [5.74, 6) is -3.44. The van der Waals surface area contributed by atoms with Crippen molar-refractivity contribution >= 4 is 11.9 Å². The van der Waals surface area contributed by atoms with Gasteiger partial charge in [0.05, 0.1) is 12.3 Å². The smallest absolute Gasteiger partial charge is 0.308 e. The van der Waals surface area contributed by atoms with E-state index in [4.69, 9.17) is 5.11 Å². The Hall–Kier alpha value is -1.98. The highest BCUT2D eigenvalue weighted by Crippen LogP contribution is 2.25. The van der Waals surface area contributed by atoms with Crippen molar-refractivity contribution in [2.45, 2.75) is 31.7 Å². The molecule has 0 saturated heterocycles. The summed E-state index contributed by atoms with van der Waals surface area (Å²) in [4.78, 5) is 22.8. The molecule has 1 amide bonds. The van der Waals surface area contributed by atoms with Crippen molar-refractivity contribution in [3.63, 3.8) is 0 Å². The SMILES string of the molecule is O=C(Cc1ccc(F)cc1F)NC1CCCC1C(=O)O. The molecule has 0 aliphatic heterocycles. The molecular formula is C14H15F2NO3. The van der Waals surface area contributed by atoms with Crippen molar-refractivity contribution in [1.82, 2.24) is 5.32 Å². The molecule has 20 heavy (non-hydrogen) atoms. The molecule has 1 aromatic carbocycles. The lowest BCUT2D eigenvalue weighted by Gasteiger charge is -2.17. The quantitative estimate of drug-likeness (QED) is 0.886. The van der Waals surface area contributed by atoms with Crippen molar-refractivity contribution in [3.05, 3.63) is 35.4 Å². The summed E-state index contributed by atoms with van der Waals surface area (Å²) in [6.07, 6.45) is 1.65. The Balaban J connectivity index is 1.97. The maximum absolute atomic E-state index is 13.4. The third-order valence-electron chi connectivity index (χ3n) is 3.55. The molecule has 0 heterocycles. The minimum atomic E-state index is -0.930. The number of rotatable bonds is 4. The lowest BCUT2D eigenvalue weighted by Crippen LogP contribution is -2.40. The Morgan fingerprint density at radius 2 is 2.05 bits per heavy atom. The molecule has 6 heteroatoms. The van der Waals surface area contributed by atoms with Crippen molar-refractivity contribution in [1.29, 1.82) is 0 Å². The molecule has 1 aliphatic rings. The van der Waals surface area contributed by atoms with Crippen LogP contribution in [0.15, 0.2) is 18.2 Å². The van der Waals surface area contributed by atoms with Crippen molar-refractivity contribution in [3.8, 4) is 0 Å². The number of carbonyl (C=O) groups excluding carboxylic acids is 1. The lowest BCUT2D eigenvalue weighted by molar-refractivity contribution is -0.142. The molecule has 2 rings (SSSR count). The fourth-order valence-electron chi connectivity index (χ4n) is 2.52. The van der Waals surface area contributed by atoms with Gasteiger partial charge in [-0.2, -0.15) is 0 Å². The van der Waals surface area contributed by atoms with Gasteiger partial charge in [0.2, 0.25) is 5.91 Å². The van der Waals surface area contributed by atoms with Crippen LogP contribution < -0.4 is 5.32 Å². The summed E-state index contributed by atoms with van der Waals surface area (Å²) in [7, 11) is 0. The molecule has 1 aromatic rings. The molecule has 0 aromatic heterocycles. The monoisotopic (exact) mass is 283 g/mol. The molecule has 2 unspecified atom stereocenters. The maximum Gasteiger partial charge on any atom is 0.308 e. The van der Waals surface area contributed by atoms with E-state index >= 15 is 0 Å². The van der Waals surface area contributed by atoms with Crippen LogP contribution >= 0.6 is 0 Å². The average molecular weight is 283 g/mol. The second-order valence-electron chi connectivity index (χ2n) is 4.96. The highest BCUT2D eigenvalue weighted by atomic mass is 19.1. The molecule has 0 radical (unpaired) electrons. The first-order valence-electron chi connectivity index (χ1n) is 6.43. The zero-order valence-electron chi connectivity index (χ0n) is 10.7. The van der Waals surface area contributed by atoms with Crippen LogP contribution in [0.3, 0.4) is 0 Å². The number of carboxylic acid groups (broad SMARTS) is 1. The number of benzene rings is 1. The molecule has 2 N–H and O–H groups in total. The van der Waals surface area contributed by atoms with E-state index in [9.17, 15) is 18.4 Å². The summed E-state index contributed by atoms with van der Waals surface area (Å²) in [5.41, 5.74) is 0.0915. The topological polar surface area (TPSA) is 66.4 Å². The number of aliphatic carboxylic acids is 1. The van der Waals surface area contributed by atoms with E-state index in [1.54, 1.807) is 0 Å². The van der Waals surface area contributed by atoms with Gasteiger partial charge in [0.1, 0.15) is 11.6 Å². The van der Waals surface area contributed by atoms with Gasteiger partial charge in [-0.15, -0.1) is 0 Å². The minimum absolute atomic E-state index is 0.0915. The summed E-state index contributed by atoms with van der Waals surface area (Å²) in [6.45, 7) is 0. The van der Waals surface area contributed by atoms with Crippen LogP contribution in [0.5, 0.6) is 0 Å². The van der Waals surface area contributed by atoms with Crippen LogP contribution in [0.2, 0.25) is 0 Å². The van der Waals surface area contributed by atoms with Crippen LogP contribution in [0, 0.1) is 17.6 Å². The molecule has 2 atom stereocenters. The average Bonchev–Trinajstić information content (AvgIpc) is 2.81. The Morgan fingerprint density at radius 3 is 2.70 bits per heavy atom. The number of amides is 1. The Labute approximate surface area is 114 Å². The molecule has 1 saturated carbocycles. The van der Waals surface area contributed by atoms with E-state index in [-0.39, 0.29) is 12.0 Å². The number of halogens is 2. The molecule has 1 aliphatic carbocycles. The predicted octanol–water partition coefficient (Wildman–Crippen LogP) is 1.88. The largest absolute Gasteiger partial charge is 0.481 e. The molecule has 1 fully saturated rings. The van der Waals surface area contributed by atoms with Crippen LogP contribution in [0.4, 0.5) is 8.78 Å². The van der Waals surface area contributed by atoms with Gasteiger partial charge in [0, 0.05) is 12.1 Å².